The summed E-state index contributed by atoms with van der Waals surface area (Å²) in [6.07, 6.45) is 4.88. The first-order valence-corrected chi connectivity index (χ1v) is 11.4. The molecule has 1 aromatic rings. The zero-order valence-corrected chi connectivity index (χ0v) is 17.3. The van der Waals surface area contributed by atoms with Crippen LogP contribution in [0.3, 0.4) is 0 Å². The molecular formula is C20H29N3O4S. The van der Waals surface area contributed by atoms with E-state index in [2.05, 4.69) is 10.6 Å². The predicted octanol–water partition coefficient (Wildman–Crippen LogP) is 1.63. The summed E-state index contributed by atoms with van der Waals surface area (Å²) >= 11 is 0. The summed E-state index contributed by atoms with van der Waals surface area (Å²) in [5.41, 5.74) is 1.65. The van der Waals surface area contributed by atoms with E-state index >= 15 is 0 Å². The van der Waals surface area contributed by atoms with Gasteiger partial charge in [-0.25, -0.2) is 8.42 Å². The molecule has 2 fully saturated rings. The Hall–Kier alpha value is -1.93. The lowest BCUT2D eigenvalue weighted by molar-refractivity contribution is -0.139. The molecule has 1 saturated heterocycles. The molecule has 1 aliphatic heterocycles. The van der Waals surface area contributed by atoms with Crippen molar-refractivity contribution < 1.29 is 18.0 Å². The molecule has 28 heavy (non-hydrogen) atoms. The van der Waals surface area contributed by atoms with E-state index in [0.717, 1.165) is 43.2 Å². The van der Waals surface area contributed by atoms with Gasteiger partial charge < -0.3 is 10.6 Å². The van der Waals surface area contributed by atoms with E-state index in [0.29, 0.717) is 17.9 Å². The lowest BCUT2D eigenvalue weighted by Gasteiger charge is -2.35. The maximum absolute atomic E-state index is 13.3. The quantitative estimate of drug-likeness (QED) is 0.701. The fraction of sp³-hybridized carbons (Fsp3) is 0.600. The van der Waals surface area contributed by atoms with Crippen LogP contribution in [-0.2, 0) is 19.6 Å². The maximum atomic E-state index is 13.3. The SMILES string of the molecule is Cc1ccc(C)c(S(=O)(=O)N2CCCC[C@H]2CCNC(=O)C(=O)NC2CC2)c1. The van der Waals surface area contributed by atoms with Crippen molar-refractivity contribution in [2.75, 3.05) is 13.1 Å². The Morgan fingerprint density at radius 3 is 2.57 bits per heavy atom. The molecule has 7 nitrogen and oxygen atoms in total. The number of rotatable bonds is 6. The van der Waals surface area contributed by atoms with Gasteiger partial charge in [0.1, 0.15) is 0 Å². The first kappa shape index (κ1) is 20.8. The van der Waals surface area contributed by atoms with E-state index in [1.807, 2.05) is 26.0 Å². The number of carbonyl (C=O) groups excluding carboxylic acids is 2. The van der Waals surface area contributed by atoms with Gasteiger partial charge in [0.05, 0.1) is 4.90 Å². The third kappa shape index (κ3) is 4.91. The molecule has 0 radical (unpaired) electrons. The fourth-order valence-electron chi connectivity index (χ4n) is 3.60. The third-order valence-corrected chi connectivity index (χ3v) is 7.48. The Morgan fingerprint density at radius 2 is 1.86 bits per heavy atom. The summed E-state index contributed by atoms with van der Waals surface area (Å²) in [4.78, 5) is 24.0. The highest BCUT2D eigenvalue weighted by Gasteiger charge is 2.34. The van der Waals surface area contributed by atoms with Gasteiger partial charge in [0, 0.05) is 25.2 Å². The number of carbonyl (C=O) groups is 2. The molecule has 1 atom stereocenters. The van der Waals surface area contributed by atoms with Crippen molar-refractivity contribution in [3.63, 3.8) is 0 Å². The van der Waals surface area contributed by atoms with Crippen molar-refractivity contribution in [1.82, 2.24) is 14.9 Å². The summed E-state index contributed by atoms with van der Waals surface area (Å²) in [5, 5.41) is 5.27. The number of hydrogen-bond donors (Lipinski definition) is 2. The summed E-state index contributed by atoms with van der Waals surface area (Å²) in [6.45, 7) is 4.45. The number of nitrogens with one attached hydrogen (secondary N) is 2. The largest absolute Gasteiger partial charge is 0.348 e. The first-order valence-electron chi connectivity index (χ1n) is 9.97. The Morgan fingerprint density at radius 1 is 1.11 bits per heavy atom. The van der Waals surface area contributed by atoms with Crippen molar-refractivity contribution >= 4 is 21.8 Å². The Labute approximate surface area is 166 Å². The number of benzene rings is 1. The zero-order chi connectivity index (χ0) is 20.3. The molecule has 0 unspecified atom stereocenters. The van der Waals surface area contributed by atoms with Gasteiger partial charge in [-0.1, -0.05) is 18.6 Å². The number of amides is 2. The van der Waals surface area contributed by atoms with Crippen LogP contribution in [-0.4, -0.2) is 49.7 Å². The van der Waals surface area contributed by atoms with Gasteiger partial charge in [-0.2, -0.15) is 4.31 Å². The van der Waals surface area contributed by atoms with E-state index in [-0.39, 0.29) is 18.6 Å². The lowest BCUT2D eigenvalue weighted by atomic mass is 10.0. The van der Waals surface area contributed by atoms with Crippen LogP contribution in [0.5, 0.6) is 0 Å². The fourth-order valence-corrected chi connectivity index (χ4v) is 5.64. The monoisotopic (exact) mass is 407 g/mol. The van der Waals surface area contributed by atoms with Crippen molar-refractivity contribution in [2.45, 2.75) is 69.4 Å². The molecule has 0 bridgehead atoms. The average molecular weight is 408 g/mol. The molecule has 0 spiro atoms. The topological polar surface area (TPSA) is 95.6 Å². The van der Waals surface area contributed by atoms with Crippen LogP contribution in [0.4, 0.5) is 0 Å². The van der Waals surface area contributed by atoms with E-state index in [1.54, 1.807) is 10.4 Å². The molecule has 8 heteroatoms. The molecule has 1 heterocycles. The highest BCUT2D eigenvalue weighted by Crippen LogP contribution is 2.29. The second-order valence-corrected chi connectivity index (χ2v) is 9.69. The van der Waals surface area contributed by atoms with Crippen LogP contribution < -0.4 is 10.6 Å². The van der Waals surface area contributed by atoms with Gasteiger partial charge in [0.15, 0.2) is 0 Å². The molecule has 1 saturated carbocycles. The Balaban J connectivity index is 1.64. The van der Waals surface area contributed by atoms with Crippen molar-refractivity contribution in [1.29, 1.82) is 0 Å². The minimum Gasteiger partial charge on any atom is -0.348 e. The average Bonchev–Trinajstić information content (AvgIpc) is 3.47. The number of aryl methyl sites for hydroxylation is 2. The molecule has 3 rings (SSSR count). The third-order valence-electron chi connectivity index (χ3n) is 5.39. The number of piperidine rings is 1. The summed E-state index contributed by atoms with van der Waals surface area (Å²) < 4.78 is 28.1. The van der Waals surface area contributed by atoms with E-state index in [1.165, 1.54) is 0 Å². The van der Waals surface area contributed by atoms with Crippen molar-refractivity contribution in [3.05, 3.63) is 29.3 Å². The molecule has 1 aliphatic carbocycles. The van der Waals surface area contributed by atoms with Gasteiger partial charge in [0.2, 0.25) is 10.0 Å². The normalized spacial score (nSPS) is 20.6. The molecule has 0 aromatic heterocycles. The minimum atomic E-state index is -3.60. The van der Waals surface area contributed by atoms with E-state index in [9.17, 15) is 18.0 Å². The zero-order valence-electron chi connectivity index (χ0n) is 16.5. The Bertz CT molecular complexity index is 849. The predicted molar refractivity (Wildman–Crippen MR) is 106 cm³/mol. The number of hydrogen-bond acceptors (Lipinski definition) is 4. The molecule has 1 aromatic carbocycles. The summed E-state index contributed by atoms with van der Waals surface area (Å²) in [5.74, 6) is -1.25. The van der Waals surface area contributed by atoms with Crippen LogP contribution in [0.25, 0.3) is 0 Å². The highest BCUT2D eigenvalue weighted by atomic mass is 32.2. The van der Waals surface area contributed by atoms with Gasteiger partial charge in [-0.3, -0.25) is 9.59 Å². The van der Waals surface area contributed by atoms with Crippen LogP contribution in [0, 0.1) is 13.8 Å². The molecule has 2 N–H and O–H groups in total. The lowest BCUT2D eigenvalue weighted by Crippen LogP contribution is -2.46. The highest BCUT2D eigenvalue weighted by molar-refractivity contribution is 7.89. The van der Waals surface area contributed by atoms with Gasteiger partial charge in [-0.15, -0.1) is 0 Å². The van der Waals surface area contributed by atoms with Crippen LogP contribution in [0.1, 0.15) is 49.7 Å². The number of sulfonamides is 1. The van der Waals surface area contributed by atoms with Gasteiger partial charge in [-0.05, 0) is 63.1 Å². The van der Waals surface area contributed by atoms with Gasteiger partial charge in [0.25, 0.3) is 0 Å². The van der Waals surface area contributed by atoms with Gasteiger partial charge >= 0.3 is 11.8 Å². The standard InChI is InChI=1S/C20H29N3O4S/c1-14-6-7-15(2)18(13-14)28(26,27)23-12-4-3-5-17(23)10-11-21-19(24)20(25)22-16-8-9-16/h6-7,13,16-17H,3-5,8-12H2,1-2H3,(H,21,24)(H,22,25)/t17-/m0/s1. The van der Waals surface area contributed by atoms with E-state index < -0.39 is 21.8 Å². The Kier molecular flexibility index (Phi) is 6.40. The number of nitrogens with zero attached hydrogens (tertiary/aromatic N) is 1. The molecule has 154 valence electrons. The minimum absolute atomic E-state index is 0.134. The molecule has 2 amide bonds. The van der Waals surface area contributed by atoms with Crippen LogP contribution in [0.15, 0.2) is 23.1 Å². The van der Waals surface area contributed by atoms with Crippen molar-refractivity contribution in [3.8, 4) is 0 Å². The molecule has 2 aliphatic rings. The summed E-state index contributed by atoms with van der Waals surface area (Å²) in [7, 11) is -3.60. The van der Waals surface area contributed by atoms with E-state index in [4.69, 9.17) is 0 Å². The maximum Gasteiger partial charge on any atom is 0.309 e. The van der Waals surface area contributed by atoms with Crippen molar-refractivity contribution in [2.24, 2.45) is 0 Å². The van der Waals surface area contributed by atoms with Crippen LogP contribution >= 0.6 is 0 Å². The summed E-state index contributed by atoms with van der Waals surface area (Å²) in [6, 6.07) is 5.42. The second kappa shape index (κ2) is 8.61. The second-order valence-electron chi connectivity index (χ2n) is 7.83. The smallest absolute Gasteiger partial charge is 0.309 e. The first-order chi connectivity index (χ1) is 13.3. The van der Waals surface area contributed by atoms with Crippen LogP contribution in [0.2, 0.25) is 0 Å². The molecular weight excluding hydrogens is 378 g/mol.